The summed E-state index contributed by atoms with van der Waals surface area (Å²) in [6.07, 6.45) is 0. The molecule has 57 heavy (non-hydrogen) atoms. The molecule has 0 saturated carbocycles. The highest BCUT2D eigenvalue weighted by Gasteiger charge is 2.17. The zero-order valence-corrected chi connectivity index (χ0v) is 31.0. The van der Waals surface area contributed by atoms with E-state index in [1.54, 1.807) is 0 Å². The average Bonchev–Trinajstić information content (AvgIpc) is 3.64. The molecule has 0 aliphatic heterocycles. The monoisotopic (exact) mass is 725 g/mol. The van der Waals surface area contributed by atoms with Gasteiger partial charge in [0.1, 0.15) is 0 Å². The predicted octanol–water partition coefficient (Wildman–Crippen LogP) is 14.2. The molecule has 0 fully saturated rings. The molecule has 9 aromatic carbocycles. The van der Waals surface area contributed by atoms with Crippen LogP contribution in [0.2, 0.25) is 0 Å². The minimum atomic E-state index is 0.702. The van der Waals surface area contributed by atoms with Gasteiger partial charge < -0.3 is 4.57 Å². The molecule has 11 rings (SSSR count). The standard InChI is InChI=1S/C54H35N3/c1-4-14-36(15-5-1)43-31-32-44(47-21-11-10-20-46(43)47)40-26-30-45-41(34-40)27-33-52-53(45)48-22-12-13-23-51(48)57(52)42-28-24-39(25-29-42)54-55-49(37-16-6-2-7-17-37)35-50(56-54)38-18-8-3-9-19-38/h1-35H. The zero-order chi connectivity index (χ0) is 37.7. The molecule has 2 aromatic heterocycles. The second-order valence-electron chi connectivity index (χ2n) is 14.6. The Labute approximate surface area is 330 Å². The third-order valence-electron chi connectivity index (χ3n) is 11.2. The quantitative estimate of drug-likeness (QED) is 0.171. The number of nitrogens with zero attached hydrogens (tertiary/aromatic N) is 3. The van der Waals surface area contributed by atoms with Gasteiger partial charge in [0.25, 0.3) is 0 Å². The number of benzene rings is 9. The molecule has 2 heterocycles. The van der Waals surface area contributed by atoms with Gasteiger partial charge in [-0.15, -0.1) is 0 Å². The fourth-order valence-electron chi connectivity index (χ4n) is 8.51. The highest BCUT2D eigenvalue weighted by molar-refractivity contribution is 6.22. The lowest BCUT2D eigenvalue weighted by Gasteiger charge is -2.13. The third kappa shape index (κ3) is 5.68. The van der Waals surface area contributed by atoms with E-state index in [0.717, 1.165) is 33.8 Å². The Morgan fingerprint density at radius 2 is 0.842 bits per heavy atom. The fraction of sp³-hybridized carbons (Fsp3) is 0. The van der Waals surface area contributed by atoms with Gasteiger partial charge in [0.2, 0.25) is 0 Å². The van der Waals surface area contributed by atoms with Gasteiger partial charge >= 0.3 is 0 Å². The first-order valence-electron chi connectivity index (χ1n) is 19.4. The molecule has 266 valence electrons. The topological polar surface area (TPSA) is 30.7 Å². The molecule has 3 nitrogen and oxygen atoms in total. The number of aromatic nitrogens is 3. The van der Waals surface area contributed by atoms with E-state index in [2.05, 4.69) is 205 Å². The van der Waals surface area contributed by atoms with Crippen LogP contribution in [0.15, 0.2) is 212 Å². The number of fused-ring (bicyclic) bond motifs is 6. The van der Waals surface area contributed by atoms with Crippen LogP contribution in [-0.4, -0.2) is 14.5 Å². The van der Waals surface area contributed by atoms with Crippen LogP contribution in [0.4, 0.5) is 0 Å². The smallest absolute Gasteiger partial charge is 0.160 e. The highest BCUT2D eigenvalue weighted by atomic mass is 15.0. The average molecular weight is 726 g/mol. The summed E-state index contributed by atoms with van der Waals surface area (Å²) in [5.41, 5.74) is 13.3. The van der Waals surface area contributed by atoms with Gasteiger partial charge in [-0.3, -0.25) is 0 Å². The Morgan fingerprint density at radius 1 is 0.316 bits per heavy atom. The summed E-state index contributed by atoms with van der Waals surface area (Å²) in [5, 5.41) is 7.48. The van der Waals surface area contributed by atoms with Crippen molar-refractivity contribution in [1.82, 2.24) is 14.5 Å². The SMILES string of the molecule is c1ccc(-c2cc(-c3ccccc3)nc(-c3ccc(-n4c5ccccc5c5c6ccc(-c7ccc(-c8ccccc8)c8ccccc78)cc6ccc54)cc3)n2)cc1. The van der Waals surface area contributed by atoms with Crippen LogP contribution in [0.3, 0.4) is 0 Å². The molecule has 0 amide bonds. The fourth-order valence-corrected chi connectivity index (χ4v) is 8.51. The Hall–Kier alpha value is -7.62. The Morgan fingerprint density at radius 3 is 1.47 bits per heavy atom. The number of para-hydroxylation sites is 1. The first-order chi connectivity index (χ1) is 28.3. The lowest BCUT2D eigenvalue weighted by molar-refractivity contribution is 1.16. The normalized spacial score (nSPS) is 11.5. The van der Waals surface area contributed by atoms with Crippen LogP contribution in [0.5, 0.6) is 0 Å². The van der Waals surface area contributed by atoms with Crippen molar-refractivity contribution in [2.45, 2.75) is 0 Å². The van der Waals surface area contributed by atoms with Crippen molar-refractivity contribution in [3.63, 3.8) is 0 Å². The zero-order valence-electron chi connectivity index (χ0n) is 31.0. The largest absolute Gasteiger partial charge is 0.309 e. The summed E-state index contributed by atoms with van der Waals surface area (Å²) in [6, 6.07) is 75.7. The molecule has 0 atom stereocenters. The van der Waals surface area contributed by atoms with Crippen molar-refractivity contribution < 1.29 is 0 Å². The van der Waals surface area contributed by atoms with Crippen molar-refractivity contribution in [2.24, 2.45) is 0 Å². The van der Waals surface area contributed by atoms with Crippen molar-refractivity contribution in [3.05, 3.63) is 212 Å². The second kappa shape index (κ2) is 13.6. The molecular formula is C54H35N3. The van der Waals surface area contributed by atoms with E-state index in [0.29, 0.717) is 5.82 Å². The Bertz CT molecular complexity index is 3200. The van der Waals surface area contributed by atoms with Gasteiger partial charge in [-0.2, -0.15) is 0 Å². The molecule has 11 aromatic rings. The maximum absolute atomic E-state index is 5.07. The molecule has 0 aliphatic carbocycles. The summed E-state index contributed by atoms with van der Waals surface area (Å²) < 4.78 is 2.38. The third-order valence-corrected chi connectivity index (χ3v) is 11.2. The summed E-state index contributed by atoms with van der Waals surface area (Å²) in [5.74, 6) is 0.702. The first kappa shape index (κ1) is 32.8. The van der Waals surface area contributed by atoms with Crippen LogP contribution in [-0.2, 0) is 0 Å². The molecule has 0 unspecified atom stereocenters. The van der Waals surface area contributed by atoms with Crippen molar-refractivity contribution in [3.8, 4) is 61.8 Å². The first-order valence-corrected chi connectivity index (χ1v) is 19.4. The molecule has 0 bridgehead atoms. The van der Waals surface area contributed by atoms with Gasteiger partial charge in [-0.05, 0) is 92.3 Å². The molecule has 0 aliphatic rings. The van der Waals surface area contributed by atoms with Crippen LogP contribution in [0, 0.1) is 0 Å². The second-order valence-corrected chi connectivity index (χ2v) is 14.6. The maximum atomic E-state index is 5.07. The van der Waals surface area contributed by atoms with E-state index < -0.39 is 0 Å². The lowest BCUT2D eigenvalue weighted by Crippen LogP contribution is -1.97. The van der Waals surface area contributed by atoms with Crippen LogP contribution in [0.25, 0.3) is 105 Å². The number of hydrogen-bond acceptors (Lipinski definition) is 2. The van der Waals surface area contributed by atoms with Gasteiger partial charge in [-0.25, -0.2) is 9.97 Å². The molecule has 0 radical (unpaired) electrons. The lowest BCUT2D eigenvalue weighted by atomic mass is 9.91. The van der Waals surface area contributed by atoms with E-state index in [4.69, 9.17) is 9.97 Å². The highest BCUT2D eigenvalue weighted by Crippen LogP contribution is 2.41. The van der Waals surface area contributed by atoms with Gasteiger partial charge in [0.05, 0.1) is 22.4 Å². The van der Waals surface area contributed by atoms with Crippen molar-refractivity contribution >= 4 is 43.4 Å². The maximum Gasteiger partial charge on any atom is 0.160 e. The summed E-state index contributed by atoms with van der Waals surface area (Å²) >= 11 is 0. The summed E-state index contributed by atoms with van der Waals surface area (Å²) in [6.45, 7) is 0. The Kier molecular flexibility index (Phi) is 7.82. The predicted molar refractivity (Wildman–Crippen MR) is 239 cm³/mol. The number of hydrogen-bond donors (Lipinski definition) is 0. The van der Waals surface area contributed by atoms with E-state index in [9.17, 15) is 0 Å². The summed E-state index contributed by atoms with van der Waals surface area (Å²) in [7, 11) is 0. The van der Waals surface area contributed by atoms with Gasteiger partial charge in [-0.1, -0.05) is 164 Å². The van der Waals surface area contributed by atoms with E-state index in [-0.39, 0.29) is 0 Å². The molecule has 0 spiro atoms. The molecule has 0 N–H and O–H groups in total. The van der Waals surface area contributed by atoms with Crippen LogP contribution < -0.4 is 0 Å². The van der Waals surface area contributed by atoms with Crippen molar-refractivity contribution in [2.75, 3.05) is 0 Å². The molecular weight excluding hydrogens is 691 g/mol. The minimum absolute atomic E-state index is 0.702. The number of rotatable bonds is 6. The molecule has 0 saturated heterocycles. The van der Waals surface area contributed by atoms with E-state index in [1.807, 2.05) is 12.1 Å². The van der Waals surface area contributed by atoms with Crippen LogP contribution in [0.1, 0.15) is 0 Å². The Balaban J connectivity index is 1.01. The summed E-state index contributed by atoms with van der Waals surface area (Å²) in [4.78, 5) is 10.1. The van der Waals surface area contributed by atoms with Gasteiger partial charge in [0.15, 0.2) is 5.82 Å². The van der Waals surface area contributed by atoms with E-state index in [1.165, 1.54) is 65.6 Å². The van der Waals surface area contributed by atoms with Crippen LogP contribution >= 0.6 is 0 Å². The molecule has 3 heteroatoms. The van der Waals surface area contributed by atoms with Crippen molar-refractivity contribution in [1.29, 1.82) is 0 Å². The van der Waals surface area contributed by atoms with Gasteiger partial charge in [0, 0.05) is 33.2 Å². The van der Waals surface area contributed by atoms with E-state index >= 15 is 0 Å². The minimum Gasteiger partial charge on any atom is -0.309 e.